The van der Waals surface area contributed by atoms with E-state index in [4.69, 9.17) is 4.99 Å². The molecule has 2 atom stereocenters. The Bertz CT molecular complexity index is 392. The zero-order valence-corrected chi connectivity index (χ0v) is 8.53. The number of para-hydroxylation sites is 1. The summed E-state index contributed by atoms with van der Waals surface area (Å²) >= 11 is 0. The van der Waals surface area contributed by atoms with E-state index in [-0.39, 0.29) is 0 Å². The van der Waals surface area contributed by atoms with Gasteiger partial charge in [0.1, 0.15) is 0 Å². The third-order valence-electron chi connectivity index (χ3n) is 3.55. The third kappa shape index (κ3) is 1.05. The molecule has 1 aromatic rings. The monoisotopic (exact) mass is 185 g/mol. The third-order valence-corrected chi connectivity index (χ3v) is 3.55. The van der Waals surface area contributed by atoms with Crippen LogP contribution < -0.4 is 0 Å². The molecule has 1 heterocycles. The second-order valence-corrected chi connectivity index (χ2v) is 4.48. The molecule has 2 unspecified atom stereocenters. The van der Waals surface area contributed by atoms with E-state index in [2.05, 4.69) is 31.2 Å². The van der Waals surface area contributed by atoms with Gasteiger partial charge >= 0.3 is 0 Å². The van der Waals surface area contributed by atoms with Crippen LogP contribution in [0.25, 0.3) is 0 Å². The lowest BCUT2D eigenvalue weighted by atomic mass is 9.78. The van der Waals surface area contributed by atoms with Crippen LogP contribution in [0.15, 0.2) is 29.3 Å². The zero-order valence-electron chi connectivity index (χ0n) is 8.53. The Kier molecular flexibility index (Phi) is 1.73. The Morgan fingerprint density at radius 3 is 3.00 bits per heavy atom. The Morgan fingerprint density at radius 1 is 1.21 bits per heavy atom. The quantitative estimate of drug-likeness (QED) is 0.584. The fourth-order valence-corrected chi connectivity index (χ4v) is 2.79. The maximum Gasteiger partial charge on any atom is 0.0668 e. The predicted octanol–water partition coefficient (Wildman–Crippen LogP) is 3.68. The minimum absolute atomic E-state index is 0.648. The molecule has 1 aromatic carbocycles. The number of hydrogen-bond donors (Lipinski definition) is 0. The first kappa shape index (κ1) is 8.22. The molecular formula is C13H15N. The van der Waals surface area contributed by atoms with Gasteiger partial charge in [-0.2, -0.15) is 0 Å². The average Bonchev–Trinajstić information content (AvgIpc) is 2.59. The van der Waals surface area contributed by atoms with Gasteiger partial charge < -0.3 is 0 Å². The maximum atomic E-state index is 4.77. The molecule has 1 aliphatic heterocycles. The first-order valence-corrected chi connectivity index (χ1v) is 5.53. The minimum Gasteiger partial charge on any atom is -0.257 e. The highest BCUT2D eigenvalue weighted by molar-refractivity contribution is 5.99. The molecule has 0 aromatic heterocycles. The van der Waals surface area contributed by atoms with Crippen molar-refractivity contribution in [3.05, 3.63) is 29.8 Å². The molecule has 3 rings (SSSR count). The summed E-state index contributed by atoms with van der Waals surface area (Å²) in [7, 11) is 0. The van der Waals surface area contributed by atoms with Crippen molar-refractivity contribution in [1.82, 2.24) is 0 Å². The lowest BCUT2D eigenvalue weighted by Crippen LogP contribution is -2.22. The molecule has 1 nitrogen and oxygen atoms in total. The zero-order chi connectivity index (χ0) is 9.54. The molecule has 0 radical (unpaired) electrons. The van der Waals surface area contributed by atoms with Gasteiger partial charge in [-0.1, -0.05) is 31.5 Å². The van der Waals surface area contributed by atoms with Crippen LogP contribution in [0.4, 0.5) is 5.69 Å². The lowest BCUT2D eigenvalue weighted by Gasteiger charge is -2.25. The van der Waals surface area contributed by atoms with Crippen molar-refractivity contribution in [3.8, 4) is 0 Å². The molecule has 14 heavy (non-hydrogen) atoms. The summed E-state index contributed by atoms with van der Waals surface area (Å²) in [6.07, 6.45) is 3.99. The van der Waals surface area contributed by atoms with E-state index >= 15 is 0 Å². The van der Waals surface area contributed by atoms with Gasteiger partial charge in [0.15, 0.2) is 0 Å². The van der Waals surface area contributed by atoms with Crippen molar-refractivity contribution in [3.63, 3.8) is 0 Å². The molecule has 1 saturated carbocycles. The minimum atomic E-state index is 0.648. The van der Waals surface area contributed by atoms with Crippen molar-refractivity contribution in [2.45, 2.75) is 32.1 Å². The first-order chi connectivity index (χ1) is 6.86. The van der Waals surface area contributed by atoms with Gasteiger partial charge in [0.2, 0.25) is 0 Å². The molecule has 0 spiro atoms. The number of rotatable bonds is 0. The number of fused-ring (bicyclic) bond motifs is 3. The summed E-state index contributed by atoms with van der Waals surface area (Å²) < 4.78 is 0. The summed E-state index contributed by atoms with van der Waals surface area (Å²) in [6.45, 7) is 2.32. The highest BCUT2D eigenvalue weighted by Gasteiger charge is 2.32. The van der Waals surface area contributed by atoms with Gasteiger partial charge in [-0.25, -0.2) is 0 Å². The molecule has 72 valence electrons. The van der Waals surface area contributed by atoms with Gasteiger partial charge in [-0.15, -0.1) is 0 Å². The molecule has 0 amide bonds. The van der Waals surface area contributed by atoms with Crippen molar-refractivity contribution in [1.29, 1.82) is 0 Å². The standard InChI is InChI=1S/C13H15N/c1-9-5-4-7-11-10-6-2-3-8-12(10)14-13(9)11/h2-3,6,8-9,11H,4-5,7H2,1H3. The van der Waals surface area contributed by atoms with Crippen molar-refractivity contribution in [2.24, 2.45) is 10.9 Å². The highest BCUT2D eigenvalue weighted by Crippen LogP contribution is 2.43. The molecule has 1 aliphatic carbocycles. The first-order valence-electron chi connectivity index (χ1n) is 5.53. The second kappa shape index (κ2) is 2.94. The number of nitrogens with zero attached hydrogens (tertiary/aromatic N) is 1. The van der Waals surface area contributed by atoms with E-state index in [1.54, 1.807) is 0 Å². The predicted molar refractivity (Wildman–Crippen MR) is 59.3 cm³/mol. The average molecular weight is 185 g/mol. The number of aliphatic imine (C=N–C) groups is 1. The van der Waals surface area contributed by atoms with Crippen molar-refractivity contribution >= 4 is 11.4 Å². The highest BCUT2D eigenvalue weighted by atomic mass is 14.8. The van der Waals surface area contributed by atoms with Gasteiger partial charge in [0, 0.05) is 11.6 Å². The van der Waals surface area contributed by atoms with E-state index in [0.717, 1.165) is 0 Å². The van der Waals surface area contributed by atoms with Gasteiger partial charge in [-0.3, -0.25) is 4.99 Å². The Balaban J connectivity index is 2.09. The maximum absolute atomic E-state index is 4.77. The van der Waals surface area contributed by atoms with E-state index in [9.17, 15) is 0 Å². The molecular weight excluding hydrogens is 170 g/mol. The van der Waals surface area contributed by atoms with E-state index in [0.29, 0.717) is 11.8 Å². The van der Waals surface area contributed by atoms with Gasteiger partial charge in [0.25, 0.3) is 0 Å². The second-order valence-electron chi connectivity index (χ2n) is 4.48. The lowest BCUT2D eigenvalue weighted by molar-refractivity contribution is 0.532. The summed E-state index contributed by atoms with van der Waals surface area (Å²) in [4.78, 5) is 4.77. The fourth-order valence-electron chi connectivity index (χ4n) is 2.79. The van der Waals surface area contributed by atoms with E-state index in [1.165, 1.54) is 36.2 Å². The Hall–Kier alpha value is -1.11. The van der Waals surface area contributed by atoms with Crippen molar-refractivity contribution < 1.29 is 0 Å². The number of benzene rings is 1. The summed E-state index contributed by atoms with van der Waals surface area (Å²) in [5, 5.41) is 0. The van der Waals surface area contributed by atoms with Crippen LogP contribution in [0, 0.1) is 5.92 Å². The topological polar surface area (TPSA) is 12.4 Å². The normalized spacial score (nSPS) is 29.4. The molecule has 2 aliphatic rings. The van der Waals surface area contributed by atoms with Crippen LogP contribution >= 0.6 is 0 Å². The van der Waals surface area contributed by atoms with E-state index < -0.39 is 0 Å². The van der Waals surface area contributed by atoms with Gasteiger partial charge in [-0.05, 0) is 30.4 Å². The summed E-state index contributed by atoms with van der Waals surface area (Å²) in [6, 6.07) is 8.61. The van der Waals surface area contributed by atoms with E-state index in [1.807, 2.05) is 0 Å². The molecule has 0 bridgehead atoms. The largest absolute Gasteiger partial charge is 0.257 e. The molecule has 0 N–H and O–H groups in total. The smallest absolute Gasteiger partial charge is 0.0668 e. The van der Waals surface area contributed by atoms with Crippen LogP contribution in [0.5, 0.6) is 0 Å². The Labute approximate surface area is 84.9 Å². The van der Waals surface area contributed by atoms with Crippen LogP contribution in [-0.4, -0.2) is 5.71 Å². The summed E-state index contributed by atoms with van der Waals surface area (Å²) in [5.74, 6) is 1.34. The van der Waals surface area contributed by atoms with Crippen LogP contribution in [0.3, 0.4) is 0 Å². The number of hydrogen-bond acceptors (Lipinski definition) is 1. The van der Waals surface area contributed by atoms with Crippen LogP contribution in [0.1, 0.15) is 37.7 Å². The molecule has 0 saturated heterocycles. The summed E-state index contributed by atoms with van der Waals surface area (Å²) in [5.41, 5.74) is 4.13. The van der Waals surface area contributed by atoms with Crippen molar-refractivity contribution in [2.75, 3.05) is 0 Å². The molecule has 1 fully saturated rings. The van der Waals surface area contributed by atoms with Crippen LogP contribution in [-0.2, 0) is 0 Å². The molecule has 1 heteroatoms. The SMILES string of the molecule is CC1CCCC2C1=Nc1ccccc12. The van der Waals surface area contributed by atoms with Gasteiger partial charge in [0.05, 0.1) is 5.69 Å². The Morgan fingerprint density at radius 2 is 2.07 bits per heavy atom. The van der Waals surface area contributed by atoms with Crippen LogP contribution in [0.2, 0.25) is 0 Å². The fraction of sp³-hybridized carbons (Fsp3) is 0.462.